The highest BCUT2D eigenvalue weighted by molar-refractivity contribution is 7.98. The van der Waals surface area contributed by atoms with Crippen LogP contribution in [-0.4, -0.2) is 24.6 Å². The summed E-state index contributed by atoms with van der Waals surface area (Å²) in [4.78, 5) is 0. The van der Waals surface area contributed by atoms with Crippen molar-refractivity contribution in [3.05, 3.63) is 35.9 Å². The Balaban J connectivity index is 2.16. The van der Waals surface area contributed by atoms with Crippen molar-refractivity contribution < 1.29 is 0 Å². The second-order valence-electron chi connectivity index (χ2n) is 3.55. The Labute approximate surface area is 91.3 Å². The minimum atomic E-state index is 0.619. The van der Waals surface area contributed by atoms with E-state index in [4.69, 9.17) is 0 Å². The number of thioether (sulfide) groups is 1. The van der Waals surface area contributed by atoms with Gasteiger partial charge in [0.25, 0.3) is 0 Å². The maximum Gasteiger partial charge on any atom is 0.0129 e. The quantitative estimate of drug-likeness (QED) is 0.773. The lowest BCUT2D eigenvalue weighted by molar-refractivity contribution is 0.597. The molecule has 78 valence electrons. The van der Waals surface area contributed by atoms with E-state index < -0.39 is 0 Å². The van der Waals surface area contributed by atoms with Crippen LogP contribution in [0.4, 0.5) is 0 Å². The minimum absolute atomic E-state index is 0.619. The van der Waals surface area contributed by atoms with E-state index in [0.717, 1.165) is 13.0 Å². The van der Waals surface area contributed by atoms with Gasteiger partial charge in [0.15, 0.2) is 0 Å². The Morgan fingerprint density at radius 1 is 1.29 bits per heavy atom. The van der Waals surface area contributed by atoms with E-state index >= 15 is 0 Å². The smallest absolute Gasteiger partial charge is 0.0129 e. The summed E-state index contributed by atoms with van der Waals surface area (Å²) in [5, 5.41) is 3.51. The van der Waals surface area contributed by atoms with Crippen LogP contribution < -0.4 is 5.32 Å². The highest BCUT2D eigenvalue weighted by Crippen LogP contribution is 2.00. The summed E-state index contributed by atoms with van der Waals surface area (Å²) < 4.78 is 0. The van der Waals surface area contributed by atoms with Crippen LogP contribution in [-0.2, 0) is 6.42 Å². The Hall–Kier alpha value is -0.470. The Morgan fingerprint density at radius 3 is 2.64 bits per heavy atom. The molecule has 0 saturated carbocycles. The van der Waals surface area contributed by atoms with E-state index in [1.165, 1.54) is 11.3 Å². The van der Waals surface area contributed by atoms with Crippen LogP contribution in [0, 0.1) is 0 Å². The van der Waals surface area contributed by atoms with Crippen molar-refractivity contribution in [1.29, 1.82) is 0 Å². The molecule has 0 bridgehead atoms. The fourth-order valence-electron chi connectivity index (χ4n) is 1.42. The highest BCUT2D eigenvalue weighted by atomic mass is 32.2. The lowest BCUT2D eigenvalue weighted by Gasteiger charge is -2.11. The molecule has 0 saturated heterocycles. The Bertz CT molecular complexity index is 235. The number of hydrogen-bond donors (Lipinski definition) is 1. The minimum Gasteiger partial charge on any atom is -0.313 e. The predicted molar refractivity (Wildman–Crippen MR) is 66.0 cm³/mol. The van der Waals surface area contributed by atoms with E-state index in [-0.39, 0.29) is 0 Å². The molecule has 0 aliphatic heterocycles. The van der Waals surface area contributed by atoms with Gasteiger partial charge in [-0.3, -0.25) is 0 Å². The first kappa shape index (κ1) is 11.6. The van der Waals surface area contributed by atoms with Gasteiger partial charge in [-0.05, 0) is 31.7 Å². The van der Waals surface area contributed by atoms with Crippen LogP contribution in [0.3, 0.4) is 0 Å². The van der Waals surface area contributed by atoms with Crippen molar-refractivity contribution in [1.82, 2.24) is 5.32 Å². The zero-order valence-corrected chi connectivity index (χ0v) is 9.81. The average Bonchev–Trinajstić information content (AvgIpc) is 2.20. The molecular weight excluding hydrogens is 190 g/mol. The van der Waals surface area contributed by atoms with Crippen molar-refractivity contribution in [3.8, 4) is 0 Å². The first-order valence-corrected chi connectivity index (χ1v) is 6.48. The second-order valence-corrected chi connectivity index (χ2v) is 4.46. The van der Waals surface area contributed by atoms with Gasteiger partial charge < -0.3 is 5.32 Å². The molecule has 1 nitrogen and oxygen atoms in total. The molecule has 1 atom stereocenters. The summed E-state index contributed by atoms with van der Waals surface area (Å²) in [6, 6.07) is 11.2. The lowest BCUT2D eigenvalue weighted by atomic mass is 10.1. The fraction of sp³-hybridized carbons (Fsp3) is 0.500. The first-order valence-electron chi connectivity index (χ1n) is 5.09. The fourth-order valence-corrected chi connectivity index (χ4v) is 2.03. The highest BCUT2D eigenvalue weighted by Gasteiger charge is 1.98. The van der Waals surface area contributed by atoms with E-state index in [2.05, 4.69) is 48.8 Å². The van der Waals surface area contributed by atoms with Gasteiger partial charge >= 0.3 is 0 Å². The maximum absolute atomic E-state index is 3.51. The van der Waals surface area contributed by atoms with Gasteiger partial charge in [-0.1, -0.05) is 30.3 Å². The van der Waals surface area contributed by atoms with E-state index in [1.807, 2.05) is 11.8 Å². The number of hydrogen-bond acceptors (Lipinski definition) is 2. The van der Waals surface area contributed by atoms with Crippen molar-refractivity contribution in [2.24, 2.45) is 0 Å². The molecule has 0 heterocycles. The van der Waals surface area contributed by atoms with Crippen molar-refractivity contribution in [2.45, 2.75) is 19.4 Å². The van der Waals surface area contributed by atoms with Crippen LogP contribution in [0.5, 0.6) is 0 Å². The standard InChI is InChI=1S/C12H19NS/c1-11(10-14-2)13-9-8-12-6-4-3-5-7-12/h3-7,11,13H,8-10H2,1-2H3. The third-order valence-corrected chi connectivity index (χ3v) is 3.00. The van der Waals surface area contributed by atoms with Crippen LogP contribution in [0.2, 0.25) is 0 Å². The largest absolute Gasteiger partial charge is 0.313 e. The summed E-state index contributed by atoms with van der Waals surface area (Å²) in [5.41, 5.74) is 1.41. The predicted octanol–water partition coefficient (Wildman–Crippen LogP) is 2.57. The zero-order chi connectivity index (χ0) is 10.2. The molecule has 0 radical (unpaired) electrons. The molecule has 0 fully saturated rings. The molecule has 1 rings (SSSR count). The van der Waals surface area contributed by atoms with Crippen molar-refractivity contribution in [3.63, 3.8) is 0 Å². The Morgan fingerprint density at radius 2 is 2.00 bits per heavy atom. The molecule has 1 unspecified atom stereocenters. The molecular formula is C12H19NS. The monoisotopic (exact) mass is 209 g/mol. The van der Waals surface area contributed by atoms with E-state index in [1.54, 1.807) is 0 Å². The summed E-state index contributed by atoms with van der Waals surface area (Å²) in [7, 11) is 0. The maximum atomic E-state index is 3.51. The van der Waals surface area contributed by atoms with Gasteiger partial charge in [0, 0.05) is 11.8 Å². The number of benzene rings is 1. The SMILES string of the molecule is CSCC(C)NCCc1ccccc1. The summed E-state index contributed by atoms with van der Waals surface area (Å²) in [6.07, 6.45) is 3.27. The van der Waals surface area contributed by atoms with Gasteiger partial charge in [-0.25, -0.2) is 0 Å². The van der Waals surface area contributed by atoms with Crippen molar-refractivity contribution >= 4 is 11.8 Å². The van der Waals surface area contributed by atoms with E-state index in [9.17, 15) is 0 Å². The van der Waals surface area contributed by atoms with Gasteiger partial charge in [-0.15, -0.1) is 0 Å². The molecule has 1 N–H and O–H groups in total. The molecule has 1 aromatic carbocycles. The molecule has 0 aliphatic carbocycles. The third kappa shape index (κ3) is 4.68. The first-order chi connectivity index (χ1) is 6.83. The summed E-state index contributed by atoms with van der Waals surface area (Å²) in [6.45, 7) is 3.31. The average molecular weight is 209 g/mol. The normalized spacial score (nSPS) is 12.7. The van der Waals surface area contributed by atoms with Crippen molar-refractivity contribution in [2.75, 3.05) is 18.6 Å². The molecule has 2 heteroatoms. The van der Waals surface area contributed by atoms with Gasteiger partial charge in [0.05, 0.1) is 0 Å². The molecule has 0 spiro atoms. The van der Waals surface area contributed by atoms with Gasteiger partial charge in [-0.2, -0.15) is 11.8 Å². The summed E-state index contributed by atoms with van der Waals surface area (Å²) in [5.74, 6) is 1.19. The molecule has 14 heavy (non-hydrogen) atoms. The summed E-state index contributed by atoms with van der Waals surface area (Å²) >= 11 is 1.89. The molecule has 0 aliphatic rings. The molecule has 1 aromatic rings. The molecule has 0 aromatic heterocycles. The van der Waals surface area contributed by atoms with Crippen LogP contribution in [0.15, 0.2) is 30.3 Å². The Kier molecular flexibility index (Phi) is 5.72. The molecule has 0 amide bonds. The lowest BCUT2D eigenvalue weighted by Crippen LogP contribution is -2.29. The zero-order valence-electron chi connectivity index (χ0n) is 8.99. The van der Waals surface area contributed by atoms with E-state index in [0.29, 0.717) is 6.04 Å². The second kappa shape index (κ2) is 6.91. The van der Waals surface area contributed by atoms with Gasteiger partial charge in [0.1, 0.15) is 0 Å². The third-order valence-electron chi connectivity index (χ3n) is 2.17. The number of nitrogens with one attached hydrogen (secondary N) is 1. The van der Waals surface area contributed by atoms with Gasteiger partial charge in [0.2, 0.25) is 0 Å². The van der Waals surface area contributed by atoms with Crippen LogP contribution in [0.1, 0.15) is 12.5 Å². The van der Waals surface area contributed by atoms with Crippen LogP contribution >= 0.6 is 11.8 Å². The topological polar surface area (TPSA) is 12.0 Å². The van der Waals surface area contributed by atoms with Crippen LogP contribution in [0.25, 0.3) is 0 Å². The number of rotatable bonds is 6.